The average molecular weight is 665 g/mol. The average Bonchev–Trinajstić information content (AvgIpc) is 3.61. The molecule has 1 aliphatic rings. The van der Waals surface area contributed by atoms with Gasteiger partial charge in [-0.15, -0.1) is 11.3 Å². The summed E-state index contributed by atoms with van der Waals surface area (Å²) in [5.41, 5.74) is 1.72. The molecule has 5 rings (SSSR count). The highest BCUT2D eigenvalue weighted by Crippen LogP contribution is 2.36. The molecule has 1 aromatic heterocycles. The van der Waals surface area contributed by atoms with Gasteiger partial charge in [-0.05, 0) is 55.5 Å². The van der Waals surface area contributed by atoms with Crippen molar-refractivity contribution < 1.29 is 32.6 Å². The third-order valence-electron chi connectivity index (χ3n) is 7.97. The lowest BCUT2D eigenvalue weighted by Crippen LogP contribution is -2.50. The molecule has 3 atom stereocenters. The minimum absolute atomic E-state index is 0.0506. The number of methoxy groups -OCH3 is 1. The van der Waals surface area contributed by atoms with Gasteiger partial charge in [0.15, 0.2) is 5.75 Å². The normalized spacial score (nSPS) is 17.4. The molecular formula is C33H36N4O7S2. The van der Waals surface area contributed by atoms with Crippen LogP contribution >= 0.6 is 11.3 Å². The molecule has 11 nitrogen and oxygen atoms in total. The molecule has 2 N–H and O–H groups in total. The molecule has 0 saturated heterocycles. The maximum atomic E-state index is 13.8. The summed E-state index contributed by atoms with van der Waals surface area (Å²) in [4.78, 5) is 33.2. The van der Waals surface area contributed by atoms with Gasteiger partial charge in [-0.3, -0.25) is 9.59 Å². The number of anilines is 1. The fourth-order valence-corrected chi connectivity index (χ4v) is 6.99. The van der Waals surface area contributed by atoms with Crippen LogP contribution < -0.4 is 14.8 Å². The number of rotatable bonds is 10. The van der Waals surface area contributed by atoms with Crippen molar-refractivity contribution in [1.29, 1.82) is 0 Å². The molecule has 0 radical (unpaired) electrons. The van der Waals surface area contributed by atoms with Crippen LogP contribution in [0.25, 0.3) is 10.6 Å². The number of sulfonamides is 1. The second-order valence-corrected chi connectivity index (χ2v) is 14.1. The Morgan fingerprint density at radius 3 is 2.52 bits per heavy atom. The number of para-hydroxylation sites is 1. The predicted octanol–water partition coefficient (Wildman–Crippen LogP) is 4.61. The smallest absolute Gasteiger partial charge is 0.258 e. The van der Waals surface area contributed by atoms with E-state index < -0.39 is 28.1 Å². The monoisotopic (exact) mass is 664 g/mol. The first kappa shape index (κ1) is 33.1. The van der Waals surface area contributed by atoms with Crippen molar-refractivity contribution in [3.63, 3.8) is 0 Å². The van der Waals surface area contributed by atoms with E-state index in [0.29, 0.717) is 11.3 Å². The Hall–Kier alpha value is -4.30. The van der Waals surface area contributed by atoms with Crippen LogP contribution in [0.3, 0.4) is 0 Å². The molecule has 4 aromatic rings. The van der Waals surface area contributed by atoms with Crippen molar-refractivity contribution in [3.8, 4) is 22.1 Å². The van der Waals surface area contributed by atoms with E-state index in [-0.39, 0.29) is 53.4 Å². The second-order valence-electron chi connectivity index (χ2n) is 11.1. The number of likely N-dealkylation sites (N-methyl/N-ethyl adjacent to an activating group) is 1. The van der Waals surface area contributed by atoms with Gasteiger partial charge in [-0.25, -0.2) is 13.4 Å². The standard InChI is InChI=1S/C33H36N4O7S2/c1-21-18-37(22(2)20-38)33(40)27-6-5-7-28(35-31(39)23-8-10-24(11-9-23)32-34-16-17-45-32)30(27)44-29(21)19-36(3)46(41,42)26-14-12-25(43-4)13-15-26/h5-17,21-22,29,38H,18-20H2,1-4H3,(H,35,39)/t21-,22-,29-/m1/s1. The number of hydrogen-bond donors (Lipinski definition) is 2. The highest BCUT2D eigenvalue weighted by Gasteiger charge is 2.36. The number of ether oxygens (including phenoxy) is 2. The number of hydrogen-bond acceptors (Lipinski definition) is 9. The number of nitrogens with zero attached hydrogens (tertiary/aromatic N) is 3. The number of amides is 2. The summed E-state index contributed by atoms with van der Waals surface area (Å²) < 4.78 is 39.9. The van der Waals surface area contributed by atoms with E-state index in [1.165, 1.54) is 41.9 Å². The first-order chi connectivity index (χ1) is 22.0. The van der Waals surface area contributed by atoms with Gasteiger partial charge in [0.25, 0.3) is 11.8 Å². The Bertz CT molecular complexity index is 1780. The first-order valence-electron chi connectivity index (χ1n) is 14.7. The summed E-state index contributed by atoms with van der Waals surface area (Å²) in [6.45, 7) is 3.49. The van der Waals surface area contributed by atoms with E-state index in [2.05, 4.69) is 10.3 Å². The van der Waals surface area contributed by atoms with E-state index >= 15 is 0 Å². The Morgan fingerprint density at radius 1 is 1.17 bits per heavy atom. The number of carbonyl (C=O) groups is 2. The van der Waals surface area contributed by atoms with Crippen molar-refractivity contribution in [3.05, 3.63) is 89.4 Å². The van der Waals surface area contributed by atoms with E-state index in [4.69, 9.17) is 9.47 Å². The Balaban J connectivity index is 1.46. The van der Waals surface area contributed by atoms with Gasteiger partial charge in [-0.2, -0.15) is 4.31 Å². The molecule has 3 aromatic carbocycles. The Morgan fingerprint density at radius 2 is 1.89 bits per heavy atom. The van der Waals surface area contributed by atoms with Crippen LogP contribution in [-0.2, 0) is 10.0 Å². The number of carbonyl (C=O) groups excluding carboxylic acids is 2. The van der Waals surface area contributed by atoms with Crippen LogP contribution in [0, 0.1) is 5.92 Å². The molecule has 0 aliphatic carbocycles. The molecule has 13 heteroatoms. The molecule has 1 aliphatic heterocycles. The fourth-order valence-electron chi connectivity index (χ4n) is 5.16. The van der Waals surface area contributed by atoms with Crippen LogP contribution in [-0.4, -0.2) is 85.5 Å². The summed E-state index contributed by atoms with van der Waals surface area (Å²) in [5.74, 6) is -0.488. The summed E-state index contributed by atoms with van der Waals surface area (Å²) >= 11 is 1.50. The van der Waals surface area contributed by atoms with Gasteiger partial charge in [0.1, 0.15) is 16.9 Å². The highest BCUT2D eigenvalue weighted by molar-refractivity contribution is 7.89. The molecule has 0 unspecified atom stereocenters. The van der Waals surface area contributed by atoms with Gasteiger partial charge < -0.3 is 24.8 Å². The van der Waals surface area contributed by atoms with Gasteiger partial charge in [0.05, 0.1) is 42.4 Å². The molecule has 46 heavy (non-hydrogen) atoms. The predicted molar refractivity (Wildman–Crippen MR) is 176 cm³/mol. The van der Waals surface area contributed by atoms with Crippen molar-refractivity contribution in [2.45, 2.75) is 30.9 Å². The van der Waals surface area contributed by atoms with Crippen molar-refractivity contribution in [2.24, 2.45) is 5.92 Å². The molecule has 0 bridgehead atoms. The van der Waals surface area contributed by atoms with Gasteiger partial charge in [-0.1, -0.05) is 25.1 Å². The summed E-state index contributed by atoms with van der Waals surface area (Å²) in [6, 6.07) is 17.5. The van der Waals surface area contributed by atoms with Gasteiger partial charge in [0, 0.05) is 42.2 Å². The Labute approximate surface area is 272 Å². The highest BCUT2D eigenvalue weighted by atomic mass is 32.2. The zero-order valence-corrected chi connectivity index (χ0v) is 27.5. The lowest BCUT2D eigenvalue weighted by molar-refractivity contribution is 0.0388. The molecule has 242 valence electrons. The Kier molecular flexibility index (Phi) is 10.1. The third-order valence-corrected chi connectivity index (χ3v) is 10.6. The van der Waals surface area contributed by atoms with Crippen LogP contribution in [0.1, 0.15) is 34.6 Å². The van der Waals surface area contributed by atoms with E-state index in [0.717, 1.165) is 10.6 Å². The molecule has 0 saturated carbocycles. The fraction of sp³-hybridized carbons (Fsp3) is 0.303. The SMILES string of the molecule is COc1ccc(S(=O)(=O)N(C)C[C@H]2Oc3c(NC(=O)c4ccc(-c5nccs5)cc4)cccc3C(=O)N([C@H](C)CO)C[C@H]2C)cc1. The van der Waals surface area contributed by atoms with Crippen LogP contribution in [0.15, 0.2) is 83.2 Å². The molecular weight excluding hydrogens is 629 g/mol. The van der Waals surface area contributed by atoms with E-state index in [1.807, 2.05) is 24.4 Å². The number of thiazole rings is 1. The van der Waals surface area contributed by atoms with Gasteiger partial charge >= 0.3 is 0 Å². The number of nitrogens with one attached hydrogen (secondary N) is 1. The summed E-state index contributed by atoms with van der Waals surface area (Å²) in [6.07, 6.45) is 0.988. The largest absolute Gasteiger partial charge is 0.497 e. The molecule has 2 amide bonds. The minimum Gasteiger partial charge on any atom is -0.497 e. The quantitative estimate of drug-likeness (QED) is 0.251. The first-order valence-corrected chi connectivity index (χ1v) is 17.0. The number of aliphatic hydroxyl groups is 1. The van der Waals surface area contributed by atoms with Crippen LogP contribution in [0.4, 0.5) is 5.69 Å². The molecule has 2 heterocycles. The van der Waals surface area contributed by atoms with Gasteiger partial charge in [0.2, 0.25) is 10.0 Å². The zero-order valence-electron chi connectivity index (χ0n) is 25.9. The van der Waals surface area contributed by atoms with E-state index in [1.54, 1.807) is 60.5 Å². The third kappa shape index (κ3) is 6.92. The van der Waals surface area contributed by atoms with E-state index in [9.17, 15) is 23.1 Å². The van der Waals surface area contributed by atoms with Crippen molar-refractivity contribution in [2.75, 3.05) is 39.2 Å². The minimum atomic E-state index is -3.91. The van der Waals surface area contributed by atoms with Crippen LogP contribution in [0.5, 0.6) is 11.5 Å². The topological polar surface area (TPSA) is 138 Å². The number of benzene rings is 3. The van der Waals surface area contributed by atoms with Crippen molar-refractivity contribution in [1.82, 2.24) is 14.2 Å². The summed E-state index contributed by atoms with van der Waals surface area (Å²) in [7, 11) is -0.939. The molecule has 0 spiro atoms. The number of aliphatic hydroxyl groups excluding tert-OH is 1. The van der Waals surface area contributed by atoms with Crippen LogP contribution in [0.2, 0.25) is 0 Å². The number of fused-ring (bicyclic) bond motifs is 1. The van der Waals surface area contributed by atoms with Crippen molar-refractivity contribution >= 4 is 38.9 Å². The zero-order chi connectivity index (χ0) is 33.0. The molecule has 0 fully saturated rings. The summed E-state index contributed by atoms with van der Waals surface area (Å²) in [5, 5.41) is 15.6. The lowest BCUT2D eigenvalue weighted by Gasteiger charge is -2.38. The second kappa shape index (κ2) is 14.0. The maximum absolute atomic E-state index is 13.8. The maximum Gasteiger partial charge on any atom is 0.258 e. The lowest BCUT2D eigenvalue weighted by atomic mass is 9.99. The number of aromatic nitrogens is 1.